The molecule has 1 heterocycles. The summed E-state index contributed by atoms with van der Waals surface area (Å²) in [6, 6.07) is 0. The van der Waals surface area contributed by atoms with Crippen LogP contribution in [0.3, 0.4) is 0 Å². The molecule has 0 saturated heterocycles. The Hall–Kier alpha value is -1.43. The third-order valence-electron chi connectivity index (χ3n) is 2.61. The number of hydrogen-bond donors (Lipinski definition) is 2. The monoisotopic (exact) mass is 226 g/mol. The van der Waals surface area contributed by atoms with E-state index < -0.39 is 5.54 Å². The Morgan fingerprint density at radius 1 is 1.62 bits per heavy atom. The van der Waals surface area contributed by atoms with Crippen molar-refractivity contribution in [2.75, 3.05) is 6.61 Å². The van der Waals surface area contributed by atoms with Gasteiger partial charge in [0.1, 0.15) is 12.7 Å². The molecule has 1 aromatic heterocycles. The third-order valence-corrected chi connectivity index (χ3v) is 2.61. The third kappa shape index (κ3) is 3.62. The number of carbonyl (C=O) groups excluding carboxylic acids is 1. The lowest BCUT2D eigenvalue weighted by Gasteiger charge is -2.27. The second kappa shape index (κ2) is 5.60. The van der Waals surface area contributed by atoms with Gasteiger partial charge in [0.25, 0.3) is 0 Å². The highest BCUT2D eigenvalue weighted by atomic mass is 16.3. The molecule has 0 aliphatic heterocycles. The average Bonchev–Trinajstić information content (AvgIpc) is 2.79. The average molecular weight is 226 g/mol. The summed E-state index contributed by atoms with van der Waals surface area (Å²) >= 11 is 0. The van der Waals surface area contributed by atoms with E-state index in [1.807, 2.05) is 13.8 Å². The molecule has 1 amide bonds. The first kappa shape index (κ1) is 12.6. The molecule has 16 heavy (non-hydrogen) atoms. The zero-order valence-electron chi connectivity index (χ0n) is 9.68. The summed E-state index contributed by atoms with van der Waals surface area (Å²) in [4.78, 5) is 15.4. The molecule has 0 aliphatic rings. The Morgan fingerprint density at radius 2 is 2.38 bits per heavy atom. The second-order valence-electron chi connectivity index (χ2n) is 4.03. The number of aryl methyl sites for hydroxylation is 1. The topological polar surface area (TPSA) is 80.0 Å². The van der Waals surface area contributed by atoms with Crippen LogP contribution in [0.2, 0.25) is 0 Å². The van der Waals surface area contributed by atoms with Crippen LogP contribution < -0.4 is 5.32 Å². The molecule has 2 N–H and O–H groups in total. The van der Waals surface area contributed by atoms with Crippen LogP contribution in [0.1, 0.15) is 26.7 Å². The van der Waals surface area contributed by atoms with Gasteiger partial charge in [-0.3, -0.25) is 9.48 Å². The minimum absolute atomic E-state index is 0.0570. The Labute approximate surface area is 94.7 Å². The zero-order chi connectivity index (χ0) is 12.0. The summed E-state index contributed by atoms with van der Waals surface area (Å²) in [5.41, 5.74) is -0.528. The van der Waals surface area contributed by atoms with Crippen LogP contribution in [0.25, 0.3) is 0 Å². The molecule has 6 nitrogen and oxygen atoms in total. The minimum atomic E-state index is -0.528. The van der Waals surface area contributed by atoms with Crippen molar-refractivity contribution in [3.8, 4) is 0 Å². The van der Waals surface area contributed by atoms with Gasteiger partial charge < -0.3 is 10.4 Å². The maximum atomic E-state index is 11.6. The standard InChI is InChI=1S/C10H18N4O2/c1-3-10(2,6-15)13-9(16)4-5-14-8-11-7-12-14/h7-8,15H,3-6H2,1-2H3,(H,13,16). The van der Waals surface area contributed by atoms with Gasteiger partial charge in [-0.1, -0.05) is 6.92 Å². The molecule has 0 bridgehead atoms. The SMILES string of the molecule is CCC(C)(CO)NC(=O)CCn1cncn1. The van der Waals surface area contributed by atoms with Crippen molar-refractivity contribution in [1.29, 1.82) is 0 Å². The number of hydrogen-bond acceptors (Lipinski definition) is 4. The molecular formula is C10H18N4O2. The van der Waals surface area contributed by atoms with Gasteiger partial charge >= 0.3 is 0 Å². The number of aliphatic hydroxyl groups excluding tert-OH is 1. The van der Waals surface area contributed by atoms with Gasteiger partial charge in [-0.15, -0.1) is 0 Å². The van der Waals surface area contributed by atoms with E-state index in [-0.39, 0.29) is 12.5 Å². The smallest absolute Gasteiger partial charge is 0.222 e. The number of amides is 1. The fraction of sp³-hybridized carbons (Fsp3) is 0.700. The van der Waals surface area contributed by atoms with Gasteiger partial charge in [-0.05, 0) is 13.3 Å². The van der Waals surface area contributed by atoms with E-state index in [4.69, 9.17) is 5.11 Å². The van der Waals surface area contributed by atoms with Crippen LogP contribution in [-0.4, -0.2) is 37.9 Å². The van der Waals surface area contributed by atoms with E-state index in [1.165, 1.54) is 6.33 Å². The van der Waals surface area contributed by atoms with Crippen molar-refractivity contribution in [2.45, 2.75) is 38.8 Å². The number of nitrogens with zero attached hydrogens (tertiary/aromatic N) is 3. The van der Waals surface area contributed by atoms with Crippen LogP contribution in [0, 0.1) is 0 Å². The quantitative estimate of drug-likeness (QED) is 0.712. The van der Waals surface area contributed by atoms with Crippen molar-refractivity contribution >= 4 is 5.91 Å². The Bertz CT molecular complexity index is 320. The molecule has 90 valence electrons. The molecule has 1 atom stereocenters. The van der Waals surface area contributed by atoms with E-state index in [0.29, 0.717) is 19.4 Å². The molecule has 1 aromatic rings. The Morgan fingerprint density at radius 3 is 2.88 bits per heavy atom. The van der Waals surface area contributed by atoms with E-state index in [1.54, 1.807) is 11.0 Å². The summed E-state index contributed by atoms with van der Waals surface area (Å²) < 4.78 is 1.60. The van der Waals surface area contributed by atoms with Crippen molar-refractivity contribution in [3.05, 3.63) is 12.7 Å². The summed E-state index contributed by atoms with van der Waals surface area (Å²) in [5, 5.41) is 15.8. The predicted molar refractivity (Wildman–Crippen MR) is 58.6 cm³/mol. The van der Waals surface area contributed by atoms with Crippen LogP contribution >= 0.6 is 0 Å². The minimum Gasteiger partial charge on any atom is -0.394 e. The molecule has 0 spiro atoms. The van der Waals surface area contributed by atoms with Gasteiger partial charge in [0, 0.05) is 6.42 Å². The lowest BCUT2D eigenvalue weighted by Crippen LogP contribution is -2.48. The van der Waals surface area contributed by atoms with Crippen molar-refractivity contribution in [2.24, 2.45) is 0 Å². The van der Waals surface area contributed by atoms with Gasteiger partial charge in [-0.2, -0.15) is 5.10 Å². The highest BCUT2D eigenvalue weighted by molar-refractivity contribution is 5.76. The summed E-state index contributed by atoms with van der Waals surface area (Å²) in [5.74, 6) is -0.0890. The maximum absolute atomic E-state index is 11.6. The molecular weight excluding hydrogens is 208 g/mol. The first-order chi connectivity index (χ1) is 7.59. The van der Waals surface area contributed by atoms with E-state index in [2.05, 4.69) is 15.4 Å². The van der Waals surface area contributed by atoms with Crippen LogP contribution in [0.15, 0.2) is 12.7 Å². The Balaban J connectivity index is 2.36. The molecule has 0 fully saturated rings. The zero-order valence-corrected chi connectivity index (χ0v) is 9.68. The molecule has 1 unspecified atom stereocenters. The second-order valence-corrected chi connectivity index (χ2v) is 4.03. The fourth-order valence-electron chi connectivity index (χ4n) is 1.20. The first-order valence-electron chi connectivity index (χ1n) is 5.34. The molecule has 1 rings (SSSR count). The van der Waals surface area contributed by atoms with E-state index in [0.717, 1.165) is 0 Å². The molecule has 0 saturated carbocycles. The fourth-order valence-corrected chi connectivity index (χ4v) is 1.20. The largest absolute Gasteiger partial charge is 0.394 e. The normalized spacial score (nSPS) is 14.4. The van der Waals surface area contributed by atoms with Crippen LogP contribution in [-0.2, 0) is 11.3 Å². The van der Waals surface area contributed by atoms with Gasteiger partial charge in [0.05, 0.1) is 18.7 Å². The number of nitrogens with one attached hydrogen (secondary N) is 1. The molecule has 0 aliphatic carbocycles. The molecule has 0 aromatic carbocycles. The van der Waals surface area contributed by atoms with E-state index in [9.17, 15) is 4.79 Å². The first-order valence-corrected chi connectivity index (χ1v) is 5.34. The van der Waals surface area contributed by atoms with Crippen molar-refractivity contribution in [1.82, 2.24) is 20.1 Å². The highest BCUT2D eigenvalue weighted by Crippen LogP contribution is 2.07. The number of carbonyl (C=O) groups is 1. The predicted octanol–water partition coefficient (Wildman–Crippen LogP) is -0.0546. The van der Waals surface area contributed by atoms with Crippen molar-refractivity contribution < 1.29 is 9.90 Å². The summed E-state index contributed by atoms with van der Waals surface area (Å²) in [6.45, 7) is 4.18. The maximum Gasteiger partial charge on any atom is 0.222 e. The summed E-state index contributed by atoms with van der Waals surface area (Å²) in [7, 11) is 0. The number of aliphatic hydroxyl groups is 1. The highest BCUT2D eigenvalue weighted by Gasteiger charge is 2.22. The number of aromatic nitrogens is 3. The van der Waals surface area contributed by atoms with Gasteiger partial charge in [0.2, 0.25) is 5.91 Å². The lowest BCUT2D eigenvalue weighted by atomic mass is 10.0. The van der Waals surface area contributed by atoms with Crippen LogP contribution in [0.5, 0.6) is 0 Å². The van der Waals surface area contributed by atoms with E-state index >= 15 is 0 Å². The summed E-state index contributed by atoms with van der Waals surface area (Å²) in [6.07, 6.45) is 4.03. The molecule has 6 heteroatoms. The van der Waals surface area contributed by atoms with Gasteiger partial charge in [-0.25, -0.2) is 4.98 Å². The molecule has 0 radical (unpaired) electrons. The lowest BCUT2D eigenvalue weighted by molar-refractivity contribution is -0.123. The Kier molecular flexibility index (Phi) is 4.42. The van der Waals surface area contributed by atoms with Crippen LogP contribution in [0.4, 0.5) is 0 Å². The number of rotatable bonds is 6. The van der Waals surface area contributed by atoms with Gasteiger partial charge in [0.15, 0.2) is 0 Å². The van der Waals surface area contributed by atoms with Crippen molar-refractivity contribution in [3.63, 3.8) is 0 Å².